The Balaban J connectivity index is 1.74. The molecule has 8 nitrogen and oxygen atoms in total. The summed E-state index contributed by atoms with van der Waals surface area (Å²) in [5.41, 5.74) is 3.95. The Labute approximate surface area is 161 Å². The van der Waals surface area contributed by atoms with Gasteiger partial charge in [0.15, 0.2) is 0 Å². The standard InChI is InChI=1S/C20H20N4O4/c1-10(2)16-15-14(11-6-3-4-8-13(11)22-16)19(27)24(20(15)28)23-18(26)12-7-5-9-21-17(12)25/h3-4,6,8,10,12H,5,7,9H2,1-2H3,(H,21,25)(H,23,26). The molecule has 3 heterocycles. The van der Waals surface area contributed by atoms with Gasteiger partial charge in [0.25, 0.3) is 17.7 Å². The van der Waals surface area contributed by atoms with Crippen LogP contribution in [0.15, 0.2) is 24.3 Å². The van der Waals surface area contributed by atoms with Gasteiger partial charge in [-0.3, -0.25) is 29.6 Å². The number of carbonyl (C=O) groups is 4. The van der Waals surface area contributed by atoms with Crippen molar-refractivity contribution in [2.75, 3.05) is 6.54 Å². The Hall–Kier alpha value is -3.29. The lowest BCUT2D eigenvalue weighted by Gasteiger charge is -2.23. The zero-order chi connectivity index (χ0) is 20.0. The summed E-state index contributed by atoms with van der Waals surface area (Å²) in [6.45, 7) is 4.30. The first-order valence-electron chi connectivity index (χ1n) is 9.29. The molecule has 4 amide bonds. The topological polar surface area (TPSA) is 108 Å². The smallest absolute Gasteiger partial charge is 0.282 e. The number of carbonyl (C=O) groups excluding carboxylic acids is 4. The summed E-state index contributed by atoms with van der Waals surface area (Å²) in [5.74, 6) is -3.28. The van der Waals surface area contributed by atoms with Crippen molar-refractivity contribution >= 4 is 34.5 Å². The molecule has 0 aliphatic carbocycles. The molecule has 4 rings (SSSR count). The average Bonchev–Trinajstić information content (AvgIpc) is 2.93. The van der Waals surface area contributed by atoms with Crippen LogP contribution in [0.25, 0.3) is 10.9 Å². The van der Waals surface area contributed by atoms with Crippen molar-refractivity contribution in [1.82, 2.24) is 20.7 Å². The summed E-state index contributed by atoms with van der Waals surface area (Å²) in [6, 6.07) is 7.10. The number of nitrogens with zero attached hydrogens (tertiary/aromatic N) is 2. The molecule has 2 N–H and O–H groups in total. The van der Waals surface area contributed by atoms with Crippen LogP contribution in [-0.4, -0.2) is 40.2 Å². The second-order valence-corrected chi connectivity index (χ2v) is 7.33. The number of imide groups is 1. The first-order valence-corrected chi connectivity index (χ1v) is 9.29. The van der Waals surface area contributed by atoms with Crippen LogP contribution >= 0.6 is 0 Å². The van der Waals surface area contributed by atoms with Gasteiger partial charge in [0, 0.05) is 11.9 Å². The van der Waals surface area contributed by atoms with Gasteiger partial charge >= 0.3 is 0 Å². The Bertz CT molecular complexity index is 1030. The molecule has 1 saturated heterocycles. The van der Waals surface area contributed by atoms with Crippen molar-refractivity contribution in [1.29, 1.82) is 0 Å². The van der Waals surface area contributed by atoms with Crippen molar-refractivity contribution in [3.63, 3.8) is 0 Å². The van der Waals surface area contributed by atoms with Gasteiger partial charge < -0.3 is 5.32 Å². The molecular formula is C20H20N4O4. The summed E-state index contributed by atoms with van der Waals surface area (Å²) >= 11 is 0. The van der Waals surface area contributed by atoms with Gasteiger partial charge in [0.2, 0.25) is 5.91 Å². The predicted octanol–water partition coefficient (Wildman–Crippen LogP) is 1.51. The fourth-order valence-corrected chi connectivity index (χ4v) is 3.72. The molecule has 0 radical (unpaired) electrons. The number of rotatable bonds is 3. The van der Waals surface area contributed by atoms with E-state index in [9.17, 15) is 19.2 Å². The third kappa shape index (κ3) is 2.72. The maximum Gasteiger partial charge on any atom is 0.282 e. The molecule has 144 valence electrons. The molecule has 1 unspecified atom stereocenters. The van der Waals surface area contributed by atoms with E-state index in [1.807, 2.05) is 19.9 Å². The number of hydrazine groups is 1. The van der Waals surface area contributed by atoms with Crippen LogP contribution in [0.1, 0.15) is 59.0 Å². The summed E-state index contributed by atoms with van der Waals surface area (Å²) in [6.07, 6.45) is 1.04. The van der Waals surface area contributed by atoms with Crippen LogP contribution in [0.2, 0.25) is 0 Å². The molecule has 0 saturated carbocycles. The zero-order valence-corrected chi connectivity index (χ0v) is 15.6. The number of benzene rings is 1. The maximum absolute atomic E-state index is 13.1. The third-order valence-corrected chi connectivity index (χ3v) is 5.13. The van der Waals surface area contributed by atoms with Gasteiger partial charge in [0.1, 0.15) is 5.92 Å². The van der Waals surface area contributed by atoms with Crippen LogP contribution in [0.4, 0.5) is 0 Å². The summed E-state index contributed by atoms with van der Waals surface area (Å²) in [4.78, 5) is 55.1. The number of fused-ring (bicyclic) bond motifs is 3. The Morgan fingerprint density at radius 1 is 1.18 bits per heavy atom. The minimum absolute atomic E-state index is 0.0881. The Morgan fingerprint density at radius 3 is 2.61 bits per heavy atom. The van der Waals surface area contributed by atoms with E-state index < -0.39 is 29.5 Å². The monoisotopic (exact) mass is 380 g/mol. The SMILES string of the molecule is CC(C)c1nc2ccccc2c2c1C(=O)N(NC(=O)C1CCCNC1=O)C2=O. The van der Waals surface area contributed by atoms with Gasteiger partial charge in [-0.05, 0) is 24.8 Å². The molecule has 28 heavy (non-hydrogen) atoms. The van der Waals surface area contributed by atoms with Crippen molar-refractivity contribution in [2.24, 2.45) is 5.92 Å². The number of nitrogens with one attached hydrogen (secondary N) is 2. The second-order valence-electron chi connectivity index (χ2n) is 7.33. The molecule has 2 aromatic rings. The van der Waals surface area contributed by atoms with E-state index >= 15 is 0 Å². The fourth-order valence-electron chi connectivity index (χ4n) is 3.72. The number of pyridine rings is 1. The van der Waals surface area contributed by atoms with E-state index in [1.165, 1.54) is 0 Å². The van der Waals surface area contributed by atoms with Gasteiger partial charge in [-0.2, -0.15) is 5.01 Å². The maximum atomic E-state index is 13.1. The van der Waals surface area contributed by atoms with Gasteiger partial charge in [-0.1, -0.05) is 32.0 Å². The molecule has 1 aromatic carbocycles. The van der Waals surface area contributed by atoms with Gasteiger partial charge in [-0.15, -0.1) is 0 Å². The highest BCUT2D eigenvalue weighted by Gasteiger charge is 2.43. The molecule has 0 bridgehead atoms. The molecular weight excluding hydrogens is 360 g/mol. The minimum atomic E-state index is -0.919. The highest BCUT2D eigenvalue weighted by atomic mass is 16.2. The van der Waals surface area contributed by atoms with E-state index in [4.69, 9.17) is 0 Å². The van der Waals surface area contributed by atoms with Crippen molar-refractivity contribution in [3.8, 4) is 0 Å². The largest absolute Gasteiger partial charge is 0.355 e. The van der Waals surface area contributed by atoms with Crippen LogP contribution in [0.3, 0.4) is 0 Å². The number of amides is 4. The number of piperidine rings is 1. The lowest BCUT2D eigenvalue weighted by molar-refractivity contribution is -0.138. The van der Waals surface area contributed by atoms with Crippen LogP contribution in [0.5, 0.6) is 0 Å². The lowest BCUT2D eigenvalue weighted by Crippen LogP contribution is -2.52. The van der Waals surface area contributed by atoms with E-state index in [1.54, 1.807) is 18.2 Å². The molecule has 0 spiro atoms. The normalized spacial score (nSPS) is 19.2. The van der Waals surface area contributed by atoms with Crippen molar-refractivity contribution in [2.45, 2.75) is 32.6 Å². The first kappa shape index (κ1) is 18.1. The van der Waals surface area contributed by atoms with E-state index in [0.29, 0.717) is 36.0 Å². The summed E-state index contributed by atoms with van der Waals surface area (Å²) < 4.78 is 0. The fraction of sp³-hybridized carbons (Fsp3) is 0.350. The van der Waals surface area contributed by atoms with Crippen LogP contribution < -0.4 is 10.7 Å². The average molecular weight is 380 g/mol. The van der Waals surface area contributed by atoms with E-state index in [0.717, 1.165) is 5.01 Å². The molecule has 2 aliphatic heterocycles. The first-order chi connectivity index (χ1) is 13.4. The molecule has 1 atom stereocenters. The highest BCUT2D eigenvalue weighted by molar-refractivity contribution is 6.27. The number of hydrogen-bond donors (Lipinski definition) is 2. The van der Waals surface area contributed by atoms with E-state index in [2.05, 4.69) is 15.7 Å². The minimum Gasteiger partial charge on any atom is -0.355 e. The Kier molecular flexibility index (Phi) is 4.33. The second kappa shape index (κ2) is 6.70. The molecule has 8 heteroatoms. The highest BCUT2D eigenvalue weighted by Crippen LogP contribution is 2.33. The quantitative estimate of drug-likeness (QED) is 0.620. The summed E-state index contributed by atoms with van der Waals surface area (Å²) in [7, 11) is 0. The lowest BCUT2D eigenvalue weighted by atomic mass is 9.97. The molecule has 1 fully saturated rings. The van der Waals surface area contributed by atoms with Gasteiger partial charge in [-0.25, -0.2) is 0 Å². The van der Waals surface area contributed by atoms with E-state index in [-0.39, 0.29) is 17.0 Å². The number of hydrogen-bond acceptors (Lipinski definition) is 5. The molecule has 1 aromatic heterocycles. The zero-order valence-electron chi connectivity index (χ0n) is 15.6. The van der Waals surface area contributed by atoms with Crippen molar-refractivity contribution < 1.29 is 19.2 Å². The van der Waals surface area contributed by atoms with Crippen LogP contribution in [-0.2, 0) is 9.59 Å². The van der Waals surface area contributed by atoms with Crippen molar-refractivity contribution in [3.05, 3.63) is 41.1 Å². The number of para-hydroxylation sites is 1. The van der Waals surface area contributed by atoms with Gasteiger partial charge in [0.05, 0.1) is 22.3 Å². The summed E-state index contributed by atoms with van der Waals surface area (Å²) in [5, 5.41) is 3.91. The predicted molar refractivity (Wildman–Crippen MR) is 100 cm³/mol. The Morgan fingerprint density at radius 2 is 1.89 bits per heavy atom. The van der Waals surface area contributed by atoms with Crippen LogP contribution in [0, 0.1) is 5.92 Å². The number of aromatic nitrogens is 1. The third-order valence-electron chi connectivity index (χ3n) is 5.13. The molecule has 2 aliphatic rings.